The lowest BCUT2D eigenvalue weighted by Crippen LogP contribution is -2.40. The second-order valence-corrected chi connectivity index (χ2v) is 9.87. The zero-order valence-electron chi connectivity index (χ0n) is 17.6. The molecule has 1 aliphatic rings. The lowest BCUT2D eigenvalue weighted by atomic mass is 9.93. The minimum Gasteiger partial charge on any atom is -0.497 e. The number of aryl methyl sites for hydroxylation is 1. The van der Waals surface area contributed by atoms with Gasteiger partial charge in [0.05, 0.1) is 12.0 Å². The Balaban J connectivity index is 1.76. The first kappa shape index (κ1) is 20.5. The van der Waals surface area contributed by atoms with Crippen LogP contribution in [-0.2, 0) is 9.84 Å². The van der Waals surface area contributed by atoms with Gasteiger partial charge in [0.25, 0.3) is 0 Å². The first-order chi connectivity index (χ1) is 14.5. The van der Waals surface area contributed by atoms with Crippen LogP contribution in [0.2, 0.25) is 0 Å². The van der Waals surface area contributed by atoms with E-state index in [4.69, 9.17) is 4.74 Å². The van der Waals surface area contributed by atoms with E-state index in [-0.39, 0.29) is 5.92 Å². The number of fused-ring (bicyclic) bond motifs is 1. The minimum atomic E-state index is -3.51. The van der Waals surface area contributed by atoms with Crippen molar-refractivity contribution in [2.45, 2.75) is 36.5 Å². The van der Waals surface area contributed by atoms with Crippen LogP contribution in [0.1, 0.15) is 36.0 Å². The number of sulfone groups is 1. The Morgan fingerprint density at radius 1 is 1.03 bits per heavy atom. The highest BCUT2D eigenvalue weighted by molar-refractivity contribution is 7.92. The topological polar surface area (TPSA) is 46.6 Å². The molecule has 4 nitrogen and oxygen atoms in total. The zero-order valence-corrected chi connectivity index (χ0v) is 18.4. The predicted molar refractivity (Wildman–Crippen MR) is 121 cm³/mol. The van der Waals surface area contributed by atoms with Gasteiger partial charge in [0.15, 0.2) is 9.84 Å². The van der Waals surface area contributed by atoms with Crippen LogP contribution in [0.4, 0.5) is 5.69 Å². The number of ether oxygens (including phenoxy) is 1. The summed E-state index contributed by atoms with van der Waals surface area (Å²) in [7, 11) is -1.85. The van der Waals surface area contributed by atoms with Gasteiger partial charge in [-0.1, -0.05) is 55.0 Å². The molecular weight excluding hydrogens is 394 g/mol. The number of nitrogens with zero attached hydrogens (tertiary/aromatic N) is 1. The molecule has 2 unspecified atom stereocenters. The molecule has 1 heterocycles. The Bertz CT molecular complexity index is 1140. The number of rotatable bonds is 6. The molecule has 0 saturated carbocycles. The van der Waals surface area contributed by atoms with Gasteiger partial charge in [-0.3, -0.25) is 0 Å². The van der Waals surface area contributed by atoms with Crippen molar-refractivity contribution in [2.24, 2.45) is 0 Å². The molecule has 0 aromatic heterocycles. The van der Waals surface area contributed by atoms with Crippen molar-refractivity contribution in [1.82, 2.24) is 0 Å². The second-order valence-electron chi connectivity index (χ2n) is 7.76. The van der Waals surface area contributed by atoms with Crippen LogP contribution in [-0.4, -0.2) is 27.4 Å². The van der Waals surface area contributed by atoms with E-state index in [1.807, 2.05) is 62.4 Å². The van der Waals surface area contributed by atoms with Gasteiger partial charge in [-0.2, -0.15) is 0 Å². The van der Waals surface area contributed by atoms with Gasteiger partial charge in [0, 0.05) is 18.2 Å². The summed E-state index contributed by atoms with van der Waals surface area (Å²) in [5.41, 5.74) is 4.33. The average molecular weight is 422 g/mol. The largest absolute Gasteiger partial charge is 0.497 e. The van der Waals surface area contributed by atoms with Crippen molar-refractivity contribution < 1.29 is 13.2 Å². The molecule has 0 amide bonds. The smallest absolute Gasteiger partial charge is 0.199 e. The fraction of sp³-hybridized carbons (Fsp3) is 0.280. The van der Waals surface area contributed by atoms with Gasteiger partial charge in [0.1, 0.15) is 11.1 Å². The zero-order chi connectivity index (χ0) is 21.3. The summed E-state index contributed by atoms with van der Waals surface area (Å²) in [6, 6.07) is 23.3. The van der Waals surface area contributed by atoms with Crippen molar-refractivity contribution in [3.05, 3.63) is 89.5 Å². The monoisotopic (exact) mass is 421 g/mol. The van der Waals surface area contributed by atoms with Gasteiger partial charge in [-0.05, 0) is 54.8 Å². The fourth-order valence-corrected chi connectivity index (χ4v) is 6.15. The van der Waals surface area contributed by atoms with Crippen molar-refractivity contribution in [1.29, 1.82) is 0 Å². The van der Waals surface area contributed by atoms with Gasteiger partial charge in [-0.25, -0.2) is 8.42 Å². The summed E-state index contributed by atoms with van der Waals surface area (Å²) in [4.78, 5) is 2.44. The number of methoxy groups -OCH3 is 1. The van der Waals surface area contributed by atoms with E-state index >= 15 is 0 Å². The highest BCUT2D eigenvalue weighted by Crippen LogP contribution is 2.43. The summed E-state index contributed by atoms with van der Waals surface area (Å²) < 4.78 is 32.5. The molecule has 156 valence electrons. The maximum absolute atomic E-state index is 13.6. The Morgan fingerprint density at radius 2 is 1.77 bits per heavy atom. The van der Waals surface area contributed by atoms with Crippen LogP contribution in [0.3, 0.4) is 0 Å². The summed E-state index contributed by atoms with van der Waals surface area (Å²) in [6.07, 6.45) is 0.509. The molecule has 5 heteroatoms. The molecule has 2 atom stereocenters. The summed E-state index contributed by atoms with van der Waals surface area (Å²) in [5, 5.41) is -0.614. The van der Waals surface area contributed by atoms with Gasteiger partial charge >= 0.3 is 0 Å². The van der Waals surface area contributed by atoms with E-state index in [0.29, 0.717) is 17.9 Å². The number of para-hydroxylation sites is 1. The van der Waals surface area contributed by atoms with Crippen molar-refractivity contribution >= 4 is 15.5 Å². The summed E-state index contributed by atoms with van der Waals surface area (Å²) in [6.45, 7) is 4.52. The first-order valence-electron chi connectivity index (χ1n) is 10.3. The van der Waals surface area contributed by atoms with E-state index in [9.17, 15) is 8.42 Å². The summed E-state index contributed by atoms with van der Waals surface area (Å²) in [5.74, 6) is 0.904. The van der Waals surface area contributed by atoms with E-state index in [0.717, 1.165) is 28.1 Å². The highest BCUT2D eigenvalue weighted by Gasteiger charge is 2.39. The van der Waals surface area contributed by atoms with Crippen molar-refractivity contribution in [3.63, 3.8) is 0 Å². The van der Waals surface area contributed by atoms with E-state index < -0.39 is 15.2 Å². The molecule has 0 radical (unpaired) electrons. The van der Waals surface area contributed by atoms with Crippen LogP contribution in [0.15, 0.2) is 77.7 Å². The third-order valence-corrected chi connectivity index (χ3v) is 8.14. The molecule has 3 aromatic rings. The standard InChI is InChI=1S/C25H27NO3S/c1-4-25(30(27,28)21-14-12-18(2)13-15-21)26-17-23(22-10-5-6-11-24(22)26)19-8-7-9-20(16-19)29-3/h5-16,23,25H,4,17H2,1-3H3. The molecule has 0 fully saturated rings. The predicted octanol–water partition coefficient (Wildman–Crippen LogP) is 5.17. The van der Waals surface area contributed by atoms with Crippen molar-refractivity contribution in [2.75, 3.05) is 18.6 Å². The Labute approximate surface area is 179 Å². The molecule has 1 aliphatic heterocycles. The molecule has 3 aromatic carbocycles. The Morgan fingerprint density at radius 3 is 2.47 bits per heavy atom. The summed E-state index contributed by atoms with van der Waals surface area (Å²) >= 11 is 0. The lowest BCUT2D eigenvalue weighted by Gasteiger charge is -2.30. The second kappa shape index (κ2) is 8.15. The lowest BCUT2D eigenvalue weighted by molar-refractivity contribution is 0.414. The average Bonchev–Trinajstić information content (AvgIpc) is 3.14. The highest BCUT2D eigenvalue weighted by atomic mass is 32.2. The quantitative estimate of drug-likeness (QED) is 0.551. The molecule has 0 N–H and O–H groups in total. The van der Waals surface area contributed by atoms with Crippen LogP contribution in [0.5, 0.6) is 5.75 Å². The first-order valence-corrected chi connectivity index (χ1v) is 11.8. The van der Waals surface area contributed by atoms with Gasteiger partial charge in [-0.15, -0.1) is 0 Å². The van der Waals surface area contributed by atoms with Crippen LogP contribution < -0.4 is 9.64 Å². The molecule has 0 saturated heterocycles. The van der Waals surface area contributed by atoms with Crippen LogP contribution >= 0.6 is 0 Å². The Hall–Kier alpha value is -2.79. The molecule has 0 bridgehead atoms. The van der Waals surface area contributed by atoms with Gasteiger partial charge < -0.3 is 9.64 Å². The number of hydrogen-bond donors (Lipinski definition) is 0. The number of hydrogen-bond acceptors (Lipinski definition) is 4. The normalized spacial score (nSPS) is 16.9. The number of benzene rings is 3. The van der Waals surface area contributed by atoms with E-state index in [2.05, 4.69) is 17.0 Å². The Kier molecular flexibility index (Phi) is 5.56. The maximum atomic E-state index is 13.6. The van der Waals surface area contributed by atoms with E-state index in [1.165, 1.54) is 0 Å². The fourth-order valence-electron chi connectivity index (χ4n) is 4.35. The SMILES string of the molecule is CCC(N1CC(c2cccc(OC)c2)c2ccccc21)S(=O)(=O)c1ccc(C)cc1. The van der Waals surface area contributed by atoms with Crippen LogP contribution in [0, 0.1) is 6.92 Å². The van der Waals surface area contributed by atoms with Crippen molar-refractivity contribution in [3.8, 4) is 5.75 Å². The van der Waals surface area contributed by atoms with E-state index in [1.54, 1.807) is 19.2 Å². The molecule has 30 heavy (non-hydrogen) atoms. The molecule has 0 aliphatic carbocycles. The minimum absolute atomic E-state index is 0.0959. The molecular formula is C25H27NO3S. The number of anilines is 1. The third-order valence-electron chi connectivity index (χ3n) is 5.90. The third kappa shape index (κ3) is 3.58. The maximum Gasteiger partial charge on any atom is 0.199 e. The van der Waals surface area contributed by atoms with Crippen LogP contribution in [0.25, 0.3) is 0 Å². The molecule has 4 rings (SSSR count). The molecule has 0 spiro atoms. The van der Waals surface area contributed by atoms with Gasteiger partial charge in [0.2, 0.25) is 0 Å².